The van der Waals surface area contributed by atoms with Crippen molar-refractivity contribution in [2.75, 3.05) is 0 Å². The summed E-state index contributed by atoms with van der Waals surface area (Å²) in [7, 11) is 0. The summed E-state index contributed by atoms with van der Waals surface area (Å²) in [6.45, 7) is 1.48. The Kier molecular flexibility index (Phi) is 3.14. The number of carbonyl (C=O) groups excluding carboxylic acids is 1. The Bertz CT molecular complexity index is 355. The standard InChI is InChI=1S/C9H10F2N2O/c1-5(9(14)13-12)7-3-2-6(10)4-8(7)11/h2-5H,12H2,1H3,(H,13,14). The Balaban J connectivity index is 3.01. The maximum Gasteiger partial charge on any atom is 0.241 e. The summed E-state index contributed by atoms with van der Waals surface area (Å²) in [4.78, 5) is 11.1. The highest BCUT2D eigenvalue weighted by Crippen LogP contribution is 2.19. The number of hydrogen-bond acceptors (Lipinski definition) is 2. The van der Waals surface area contributed by atoms with Gasteiger partial charge in [0, 0.05) is 11.6 Å². The molecule has 0 aliphatic carbocycles. The first kappa shape index (κ1) is 10.6. The highest BCUT2D eigenvalue weighted by molar-refractivity contribution is 5.82. The van der Waals surface area contributed by atoms with E-state index in [4.69, 9.17) is 5.84 Å². The SMILES string of the molecule is CC(C(=O)NN)c1ccc(F)cc1F. The molecule has 0 radical (unpaired) electrons. The molecule has 1 aromatic carbocycles. The second-order valence-electron chi connectivity index (χ2n) is 2.90. The van der Waals surface area contributed by atoms with E-state index in [2.05, 4.69) is 0 Å². The number of nitrogens with one attached hydrogen (secondary N) is 1. The van der Waals surface area contributed by atoms with Crippen LogP contribution >= 0.6 is 0 Å². The van der Waals surface area contributed by atoms with Crippen LogP contribution in [-0.2, 0) is 4.79 Å². The van der Waals surface area contributed by atoms with Crippen LogP contribution in [0.2, 0.25) is 0 Å². The molecule has 0 aromatic heterocycles. The Labute approximate surface area is 79.9 Å². The van der Waals surface area contributed by atoms with Crippen LogP contribution in [-0.4, -0.2) is 5.91 Å². The lowest BCUT2D eigenvalue weighted by atomic mass is 10.00. The van der Waals surface area contributed by atoms with Gasteiger partial charge in [-0.3, -0.25) is 10.2 Å². The molecule has 0 aliphatic rings. The Morgan fingerprint density at radius 1 is 1.50 bits per heavy atom. The first-order valence-corrected chi connectivity index (χ1v) is 4.01. The van der Waals surface area contributed by atoms with Gasteiger partial charge in [0.25, 0.3) is 0 Å². The van der Waals surface area contributed by atoms with Crippen molar-refractivity contribution in [3.05, 3.63) is 35.4 Å². The summed E-state index contributed by atoms with van der Waals surface area (Å²) in [6, 6.07) is 3.05. The summed E-state index contributed by atoms with van der Waals surface area (Å²) in [5, 5.41) is 0. The van der Waals surface area contributed by atoms with Crippen LogP contribution in [0, 0.1) is 11.6 Å². The lowest BCUT2D eigenvalue weighted by Gasteiger charge is -2.10. The normalized spacial score (nSPS) is 12.3. The van der Waals surface area contributed by atoms with Gasteiger partial charge in [0.05, 0.1) is 5.92 Å². The maximum absolute atomic E-state index is 13.1. The van der Waals surface area contributed by atoms with E-state index in [1.54, 1.807) is 0 Å². The van der Waals surface area contributed by atoms with Gasteiger partial charge in [0.15, 0.2) is 0 Å². The van der Waals surface area contributed by atoms with Gasteiger partial charge in [-0.05, 0) is 13.0 Å². The number of amides is 1. The van der Waals surface area contributed by atoms with Crippen molar-refractivity contribution in [2.24, 2.45) is 5.84 Å². The van der Waals surface area contributed by atoms with E-state index in [0.717, 1.165) is 12.1 Å². The molecule has 0 fully saturated rings. The topological polar surface area (TPSA) is 55.1 Å². The predicted octanol–water partition coefficient (Wildman–Crippen LogP) is 1.06. The molecule has 0 saturated heterocycles. The van der Waals surface area contributed by atoms with E-state index < -0.39 is 23.5 Å². The molecule has 0 bridgehead atoms. The molecule has 3 N–H and O–H groups in total. The number of benzene rings is 1. The largest absolute Gasteiger partial charge is 0.294 e. The third-order valence-corrected chi connectivity index (χ3v) is 1.96. The van der Waals surface area contributed by atoms with Crippen LogP contribution in [0.3, 0.4) is 0 Å². The third-order valence-electron chi connectivity index (χ3n) is 1.96. The monoisotopic (exact) mass is 200 g/mol. The minimum atomic E-state index is -0.749. The summed E-state index contributed by atoms with van der Waals surface area (Å²) in [5.74, 6) is 2.22. The van der Waals surface area contributed by atoms with Gasteiger partial charge >= 0.3 is 0 Å². The average Bonchev–Trinajstić information content (AvgIpc) is 2.15. The number of nitrogens with two attached hydrogens (primary N) is 1. The zero-order chi connectivity index (χ0) is 10.7. The molecule has 1 unspecified atom stereocenters. The Morgan fingerprint density at radius 3 is 2.64 bits per heavy atom. The number of halogens is 2. The van der Waals surface area contributed by atoms with Gasteiger partial charge in [-0.1, -0.05) is 6.07 Å². The zero-order valence-electron chi connectivity index (χ0n) is 7.55. The molecule has 1 aromatic rings. The highest BCUT2D eigenvalue weighted by Gasteiger charge is 2.17. The van der Waals surface area contributed by atoms with E-state index >= 15 is 0 Å². The molecular formula is C9H10F2N2O. The average molecular weight is 200 g/mol. The number of carbonyl (C=O) groups is 1. The lowest BCUT2D eigenvalue weighted by molar-refractivity contribution is -0.122. The van der Waals surface area contributed by atoms with Crippen molar-refractivity contribution in [3.63, 3.8) is 0 Å². The van der Waals surface area contributed by atoms with Crippen LogP contribution in [0.25, 0.3) is 0 Å². The molecule has 1 amide bonds. The van der Waals surface area contributed by atoms with E-state index in [1.165, 1.54) is 13.0 Å². The molecular weight excluding hydrogens is 190 g/mol. The van der Waals surface area contributed by atoms with Crippen LogP contribution in [0.4, 0.5) is 8.78 Å². The van der Waals surface area contributed by atoms with Crippen molar-refractivity contribution in [3.8, 4) is 0 Å². The molecule has 0 spiro atoms. The first-order valence-electron chi connectivity index (χ1n) is 4.01. The van der Waals surface area contributed by atoms with Crippen LogP contribution < -0.4 is 11.3 Å². The minimum absolute atomic E-state index is 0.120. The molecule has 3 nitrogen and oxygen atoms in total. The van der Waals surface area contributed by atoms with Crippen LogP contribution in [0.15, 0.2) is 18.2 Å². The van der Waals surface area contributed by atoms with Crippen molar-refractivity contribution in [1.82, 2.24) is 5.43 Å². The van der Waals surface area contributed by atoms with Gasteiger partial charge in [0.2, 0.25) is 5.91 Å². The Hall–Kier alpha value is -1.49. The van der Waals surface area contributed by atoms with E-state index in [1.807, 2.05) is 5.43 Å². The fraction of sp³-hybridized carbons (Fsp3) is 0.222. The fourth-order valence-corrected chi connectivity index (χ4v) is 1.12. The maximum atomic E-state index is 13.1. The molecule has 76 valence electrons. The van der Waals surface area contributed by atoms with Gasteiger partial charge in [-0.2, -0.15) is 0 Å². The van der Waals surface area contributed by atoms with E-state index in [-0.39, 0.29) is 5.56 Å². The summed E-state index contributed by atoms with van der Waals surface area (Å²) >= 11 is 0. The van der Waals surface area contributed by atoms with Crippen LogP contribution in [0.1, 0.15) is 18.4 Å². The van der Waals surface area contributed by atoms with Gasteiger partial charge in [-0.25, -0.2) is 14.6 Å². The quantitative estimate of drug-likeness (QED) is 0.426. The van der Waals surface area contributed by atoms with Crippen molar-refractivity contribution >= 4 is 5.91 Å². The highest BCUT2D eigenvalue weighted by atomic mass is 19.1. The second-order valence-corrected chi connectivity index (χ2v) is 2.90. The summed E-state index contributed by atoms with van der Waals surface area (Å²) in [5.41, 5.74) is 2.03. The summed E-state index contributed by atoms with van der Waals surface area (Å²) in [6.07, 6.45) is 0. The van der Waals surface area contributed by atoms with Crippen LogP contribution in [0.5, 0.6) is 0 Å². The summed E-state index contributed by atoms with van der Waals surface area (Å²) < 4.78 is 25.7. The predicted molar refractivity (Wildman–Crippen MR) is 47.1 cm³/mol. The smallest absolute Gasteiger partial charge is 0.241 e. The molecule has 0 aliphatic heterocycles. The number of hydrazine groups is 1. The van der Waals surface area contributed by atoms with Crippen molar-refractivity contribution in [1.29, 1.82) is 0 Å². The molecule has 14 heavy (non-hydrogen) atoms. The molecule has 5 heteroatoms. The van der Waals surface area contributed by atoms with E-state index in [0.29, 0.717) is 0 Å². The molecule has 0 heterocycles. The number of rotatable bonds is 2. The molecule has 1 atom stereocenters. The van der Waals surface area contributed by atoms with Gasteiger partial charge < -0.3 is 0 Å². The van der Waals surface area contributed by atoms with Crippen molar-refractivity contribution < 1.29 is 13.6 Å². The van der Waals surface area contributed by atoms with Crippen molar-refractivity contribution in [2.45, 2.75) is 12.8 Å². The second kappa shape index (κ2) is 4.15. The Morgan fingerprint density at radius 2 is 2.14 bits per heavy atom. The first-order chi connectivity index (χ1) is 6.56. The van der Waals surface area contributed by atoms with Gasteiger partial charge in [-0.15, -0.1) is 0 Å². The minimum Gasteiger partial charge on any atom is -0.294 e. The fourth-order valence-electron chi connectivity index (χ4n) is 1.12. The zero-order valence-corrected chi connectivity index (χ0v) is 7.55. The molecule has 1 rings (SSSR count). The third kappa shape index (κ3) is 2.05. The van der Waals surface area contributed by atoms with Gasteiger partial charge in [0.1, 0.15) is 11.6 Å². The lowest BCUT2D eigenvalue weighted by Crippen LogP contribution is -2.34. The van der Waals surface area contributed by atoms with E-state index in [9.17, 15) is 13.6 Å². The number of hydrogen-bond donors (Lipinski definition) is 2. The molecule has 0 saturated carbocycles.